The fraction of sp³-hybridized carbons (Fsp3) is 0.439. The normalized spacial score (nSPS) is 17.2. The number of hydrogen-bond acceptors (Lipinski definition) is 7. The molecule has 0 aliphatic carbocycles. The Morgan fingerprint density at radius 3 is 2.27 bits per heavy atom. The highest BCUT2D eigenvalue weighted by Crippen LogP contribution is 2.41. The van der Waals surface area contributed by atoms with Gasteiger partial charge < -0.3 is 29.6 Å². The van der Waals surface area contributed by atoms with Crippen LogP contribution in [0.2, 0.25) is 0 Å². The second-order valence-corrected chi connectivity index (χ2v) is 14.5. The van der Waals surface area contributed by atoms with Gasteiger partial charge in [0, 0.05) is 62.7 Å². The van der Waals surface area contributed by atoms with Crippen LogP contribution < -0.4 is 25.8 Å². The van der Waals surface area contributed by atoms with Crippen LogP contribution in [0.3, 0.4) is 0 Å². The summed E-state index contributed by atoms with van der Waals surface area (Å²) in [7, 11) is 3.02. The number of hydrogen-bond donors (Lipinski definition) is 2. The predicted molar refractivity (Wildman–Crippen MR) is 202 cm³/mol. The molecule has 1 amide bonds. The van der Waals surface area contributed by atoms with Crippen LogP contribution in [-0.2, 0) is 16.6 Å². The molecule has 294 valence electrons. The van der Waals surface area contributed by atoms with Crippen molar-refractivity contribution >= 4 is 34.3 Å². The molecule has 2 aliphatic rings. The van der Waals surface area contributed by atoms with Gasteiger partial charge in [0.2, 0.25) is 5.91 Å². The van der Waals surface area contributed by atoms with Crippen LogP contribution in [0.5, 0.6) is 5.75 Å². The van der Waals surface area contributed by atoms with Crippen molar-refractivity contribution in [2.75, 3.05) is 43.4 Å². The summed E-state index contributed by atoms with van der Waals surface area (Å²) in [6, 6.07) is 12.3. The van der Waals surface area contributed by atoms with Gasteiger partial charge in [-0.05, 0) is 111 Å². The summed E-state index contributed by atoms with van der Waals surface area (Å²) in [6.45, 7) is 4.65. The Balaban J connectivity index is 1.09. The average Bonchev–Trinajstić information content (AvgIpc) is 3.17. The topological polar surface area (TPSA) is 95.9 Å². The van der Waals surface area contributed by atoms with E-state index in [1.807, 2.05) is 11.8 Å². The number of nitrogens with zero attached hydrogens (tertiary/aromatic N) is 3. The number of ether oxygens (including phenoxy) is 1. The number of aldehydes is 1. The predicted octanol–water partition coefficient (Wildman–Crippen LogP) is 7.58. The number of anilines is 2. The third-order valence-corrected chi connectivity index (χ3v) is 11.2. The first-order chi connectivity index (χ1) is 26.3. The molecule has 55 heavy (non-hydrogen) atoms. The molecule has 2 saturated heterocycles. The molecule has 1 aromatic heterocycles. The molecule has 0 radical (unpaired) electrons. The fourth-order valence-electron chi connectivity index (χ4n) is 8.25. The van der Waals surface area contributed by atoms with Crippen molar-refractivity contribution in [3.8, 4) is 16.9 Å². The Morgan fingerprint density at radius 2 is 1.64 bits per heavy atom. The number of piperidine rings is 2. The summed E-state index contributed by atoms with van der Waals surface area (Å²) in [4.78, 5) is 40.0. The van der Waals surface area contributed by atoms with Gasteiger partial charge in [-0.1, -0.05) is 18.2 Å². The van der Waals surface area contributed by atoms with Crippen LogP contribution in [0.25, 0.3) is 21.9 Å². The van der Waals surface area contributed by atoms with E-state index in [4.69, 9.17) is 0 Å². The zero-order valence-corrected chi connectivity index (χ0v) is 31.1. The maximum absolute atomic E-state index is 15.3. The first-order valence-electron chi connectivity index (χ1n) is 18.7. The Kier molecular flexibility index (Phi) is 12.1. The molecule has 0 spiro atoms. The third kappa shape index (κ3) is 9.12. The number of alkyl halides is 3. The number of benzene rings is 3. The second-order valence-electron chi connectivity index (χ2n) is 14.5. The van der Waals surface area contributed by atoms with E-state index >= 15 is 4.39 Å². The monoisotopic (exact) mass is 767 g/mol. The van der Waals surface area contributed by atoms with Crippen molar-refractivity contribution in [2.24, 2.45) is 18.9 Å². The largest absolute Gasteiger partial charge is 0.573 e. The Hall–Kier alpha value is -4.98. The lowest BCUT2D eigenvalue weighted by molar-refractivity contribution is -0.275. The van der Waals surface area contributed by atoms with Gasteiger partial charge in [-0.25, -0.2) is 8.78 Å². The van der Waals surface area contributed by atoms with E-state index in [2.05, 4.69) is 20.3 Å². The summed E-state index contributed by atoms with van der Waals surface area (Å²) in [5, 5.41) is 6.14. The molecule has 2 N–H and O–H groups in total. The minimum Gasteiger partial charge on any atom is -0.405 e. The highest BCUT2D eigenvalue weighted by molar-refractivity contribution is 5.96. The number of nitrogens with one attached hydrogen (secondary N) is 2. The number of likely N-dealkylation sites (N-methyl/N-ethyl adjacent to an activating group) is 1. The van der Waals surface area contributed by atoms with Gasteiger partial charge in [0.25, 0.3) is 5.56 Å². The maximum Gasteiger partial charge on any atom is 0.573 e. The smallest absolute Gasteiger partial charge is 0.405 e. The lowest BCUT2D eigenvalue weighted by atomic mass is 9.78. The number of likely N-dealkylation sites (tertiary alicyclic amines) is 1. The Labute approximate surface area is 316 Å². The van der Waals surface area contributed by atoms with Crippen molar-refractivity contribution in [3.05, 3.63) is 88.3 Å². The van der Waals surface area contributed by atoms with Gasteiger partial charge in [0.05, 0.1) is 11.1 Å². The molecule has 14 heteroatoms. The van der Waals surface area contributed by atoms with Crippen LogP contribution >= 0.6 is 0 Å². The van der Waals surface area contributed by atoms with Crippen molar-refractivity contribution in [1.29, 1.82) is 0 Å². The number of halogens is 5. The molecule has 9 nitrogen and oxygen atoms in total. The van der Waals surface area contributed by atoms with E-state index in [1.54, 1.807) is 24.3 Å². The van der Waals surface area contributed by atoms with Gasteiger partial charge >= 0.3 is 6.36 Å². The molecule has 3 heterocycles. The minimum absolute atomic E-state index is 0.125. The molecule has 4 aromatic rings. The standard InChI is InChI=1S/C41H46F5N5O4/c1-25(31-9-6-28(21-38(31)55-41(44,45)46)34-24-49(3)40(54)33-22-29(42)7-10-32(33)34)50-16-12-26(13-17-50)27-14-18-51(19-15-27)37-11-8-30(23-35(37)43)48-36(5-4-20-52)39(53)47-2/h6-11,20-27,36,48H,4-5,12-19H2,1-3H3,(H,47,53). The quantitative estimate of drug-likeness (QED) is 0.113. The summed E-state index contributed by atoms with van der Waals surface area (Å²) in [6.07, 6.45) is 1.39. The van der Waals surface area contributed by atoms with Gasteiger partial charge in [-0.15, -0.1) is 13.2 Å². The average molecular weight is 768 g/mol. The van der Waals surface area contributed by atoms with Crippen molar-refractivity contribution < 1.29 is 36.3 Å². The number of fused-ring (bicyclic) bond motifs is 1. The summed E-state index contributed by atoms with van der Waals surface area (Å²) in [5.41, 5.74) is 1.81. The molecular formula is C41H46F5N5O4. The van der Waals surface area contributed by atoms with E-state index < -0.39 is 29.6 Å². The van der Waals surface area contributed by atoms with Gasteiger partial charge in [0.1, 0.15) is 29.7 Å². The van der Waals surface area contributed by atoms with Gasteiger partial charge in [-0.2, -0.15) is 0 Å². The van der Waals surface area contributed by atoms with Crippen molar-refractivity contribution in [2.45, 2.75) is 63.9 Å². The number of pyridine rings is 1. The van der Waals surface area contributed by atoms with Crippen LogP contribution in [0.1, 0.15) is 57.1 Å². The van der Waals surface area contributed by atoms with E-state index in [-0.39, 0.29) is 29.5 Å². The van der Waals surface area contributed by atoms with Gasteiger partial charge in [0.15, 0.2) is 0 Å². The molecule has 2 fully saturated rings. The zero-order chi connectivity index (χ0) is 39.4. The maximum atomic E-state index is 15.3. The molecule has 3 aromatic carbocycles. The number of aryl methyl sites for hydroxylation is 1. The number of carbonyl (C=O) groups is 2. The second kappa shape index (κ2) is 16.8. The zero-order valence-electron chi connectivity index (χ0n) is 31.1. The molecule has 2 atom stereocenters. The molecular weight excluding hydrogens is 721 g/mol. The van der Waals surface area contributed by atoms with E-state index in [0.29, 0.717) is 77.9 Å². The van der Waals surface area contributed by atoms with Crippen molar-refractivity contribution in [1.82, 2.24) is 14.8 Å². The highest BCUT2D eigenvalue weighted by atomic mass is 19.4. The number of carbonyl (C=O) groups excluding carboxylic acids is 2. The van der Waals surface area contributed by atoms with E-state index in [1.165, 1.54) is 49.1 Å². The molecule has 2 unspecified atom stereocenters. The summed E-state index contributed by atoms with van der Waals surface area (Å²) in [5.74, 6) is -0.705. The fourth-order valence-corrected chi connectivity index (χ4v) is 8.25. The number of amides is 1. The summed E-state index contributed by atoms with van der Waals surface area (Å²) < 4.78 is 76.5. The summed E-state index contributed by atoms with van der Waals surface area (Å²) >= 11 is 0. The number of rotatable bonds is 12. The number of aromatic nitrogens is 1. The van der Waals surface area contributed by atoms with Crippen molar-refractivity contribution in [3.63, 3.8) is 0 Å². The van der Waals surface area contributed by atoms with Crippen LogP contribution in [0.4, 0.5) is 33.3 Å². The molecule has 2 aliphatic heterocycles. The third-order valence-electron chi connectivity index (χ3n) is 11.2. The molecule has 0 bridgehead atoms. The SMILES string of the molecule is CNC(=O)C(CCC=O)Nc1ccc(N2CCC(C3CCN(C(C)c4ccc(-c5cn(C)c(=O)c6cc(F)ccc56)cc4OC(F)(F)F)CC3)CC2)c(F)c1. The molecule has 0 saturated carbocycles. The van der Waals surface area contributed by atoms with Crippen LogP contribution in [0.15, 0.2) is 65.6 Å². The highest BCUT2D eigenvalue weighted by Gasteiger charge is 2.36. The first-order valence-corrected chi connectivity index (χ1v) is 18.7. The van der Waals surface area contributed by atoms with Gasteiger partial charge in [-0.3, -0.25) is 14.5 Å². The lowest BCUT2D eigenvalue weighted by Gasteiger charge is -2.42. The molecule has 6 rings (SSSR count). The lowest BCUT2D eigenvalue weighted by Crippen LogP contribution is -2.41. The van der Waals surface area contributed by atoms with E-state index in [9.17, 15) is 31.9 Å². The van der Waals surface area contributed by atoms with Crippen LogP contribution in [-0.4, -0.2) is 67.3 Å². The van der Waals surface area contributed by atoms with Crippen LogP contribution in [0, 0.1) is 23.5 Å². The first kappa shape index (κ1) is 39.7. The minimum atomic E-state index is -4.93. The Bertz CT molecular complexity index is 2070. The Morgan fingerprint density at radius 1 is 0.945 bits per heavy atom. The van der Waals surface area contributed by atoms with E-state index in [0.717, 1.165) is 38.0 Å².